The SMILES string of the molecule is CC(C)CC(NC(=O)C(C)NC(=O)C(N)CS)C(=O)NC(CC(N)=O)C(=O)O. The van der Waals surface area contributed by atoms with Crippen LogP contribution in [0.15, 0.2) is 0 Å². The van der Waals surface area contributed by atoms with Gasteiger partial charge in [-0.25, -0.2) is 4.79 Å². The molecule has 28 heavy (non-hydrogen) atoms. The monoisotopic (exact) mass is 419 g/mol. The molecular weight excluding hydrogens is 390 g/mol. The molecular formula is C16H29N5O6S. The Morgan fingerprint density at radius 1 is 0.929 bits per heavy atom. The number of carbonyl (C=O) groups excluding carboxylic acids is 4. The van der Waals surface area contributed by atoms with Gasteiger partial charge in [-0.3, -0.25) is 19.2 Å². The Hall–Kier alpha value is -2.34. The van der Waals surface area contributed by atoms with Crippen molar-refractivity contribution in [2.45, 2.75) is 57.8 Å². The minimum absolute atomic E-state index is 0.0158. The molecule has 11 nitrogen and oxygen atoms in total. The van der Waals surface area contributed by atoms with Crippen LogP contribution in [0, 0.1) is 5.92 Å². The second kappa shape index (κ2) is 12.2. The van der Waals surface area contributed by atoms with Crippen LogP contribution in [0.3, 0.4) is 0 Å². The second-order valence-corrected chi connectivity index (χ2v) is 7.15. The Labute approximate surface area is 168 Å². The standard InChI is InChI=1S/C16H29N5O6S/c1-7(2)4-10(15(25)21-11(16(26)27)5-12(18)22)20-13(23)8(3)19-14(24)9(17)6-28/h7-11,28H,4-6,17H2,1-3H3,(H2,18,22)(H,19,24)(H,20,23)(H,21,25)(H,26,27). The maximum absolute atomic E-state index is 12.5. The molecule has 0 aromatic carbocycles. The van der Waals surface area contributed by atoms with Crippen molar-refractivity contribution in [3.63, 3.8) is 0 Å². The van der Waals surface area contributed by atoms with Crippen molar-refractivity contribution >= 4 is 42.2 Å². The summed E-state index contributed by atoms with van der Waals surface area (Å²) in [5.74, 6) is -4.25. The first-order valence-corrected chi connectivity index (χ1v) is 9.30. The van der Waals surface area contributed by atoms with E-state index in [-0.39, 0.29) is 18.1 Å². The van der Waals surface area contributed by atoms with Gasteiger partial charge in [0.1, 0.15) is 18.1 Å². The van der Waals surface area contributed by atoms with Crippen LogP contribution in [0.25, 0.3) is 0 Å². The molecule has 0 aromatic rings. The topological polar surface area (TPSA) is 194 Å². The fourth-order valence-electron chi connectivity index (χ4n) is 2.14. The molecule has 0 spiro atoms. The number of carboxylic acids is 1. The smallest absolute Gasteiger partial charge is 0.326 e. The summed E-state index contributed by atoms with van der Waals surface area (Å²) in [6, 6.07) is -4.46. The predicted octanol–water partition coefficient (Wildman–Crippen LogP) is -2.28. The van der Waals surface area contributed by atoms with Crippen molar-refractivity contribution in [1.82, 2.24) is 16.0 Å². The van der Waals surface area contributed by atoms with Gasteiger partial charge >= 0.3 is 5.97 Å². The van der Waals surface area contributed by atoms with Crippen molar-refractivity contribution in [3.05, 3.63) is 0 Å². The number of carboxylic acid groups (broad SMARTS) is 1. The molecule has 0 fully saturated rings. The van der Waals surface area contributed by atoms with Crippen molar-refractivity contribution in [3.8, 4) is 0 Å². The van der Waals surface area contributed by atoms with Gasteiger partial charge in [-0.15, -0.1) is 0 Å². The molecule has 0 aliphatic carbocycles. The van der Waals surface area contributed by atoms with Crippen LogP contribution in [-0.4, -0.2) is 64.6 Å². The lowest BCUT2D eigenvalue weighted by Gasteiger charge is -2.24. The van der Waals surface area contributed by atoms with E-state index in [0.29, 0.717) is 0 Å². The Kier molecular flexibility index (Phi) is 11.2. The first-order chi connectivity index (χ1) is 12.9. The van der Waals surface area contributed by atoms with Gasteiger partial charge < -0.3 is 32.5 Å². The molecule has 0 aromatic heterocycles. The molecule has 4 unspecified atom stereocenters. The molecule has 0 bridgehead atoms. The van der Waals surface area contributed by atoms with Crippen LogP contribution in [0.5, 0.6) is 0 Å². The fourth-order valence-corrected chi connectivity index (χ4v) is 2.31. The van der Waals surface area contributed by atoms with E-state index < -0.39 is 60.2 Å². The van der Waals surface area contributed by atoms with Crippen LogP contribution in [-0.2, 0) is 24.0 Å². The zero-order valence-electron chi connectivity index (χ0n) is 16.1. The molecule has 12 heteroatoms. The molecule has 0 saturated carbocycles. The molecule has 160 valence electrons. The summed E-state index contributed by atoms with van der Waals surface area (Å²) in [5, 5.41) is 16.2. The third-order valence-corrected chi connectivity index (χ3v) is 4.04. The van der Waals surface area contributed by atoms with E-state index >= 15 is 0 Å². The van der Waals surface area contributed by atoms with E-state index in [9.17, 15) is 24.0 Å². The zero-order valence-corrected chi connectivity index (χ0v) is 17.0. The lowest BCUT2D eigenvalue weighted by molar-refractivity contribution is -0.143. The van der Waals surface area contributed by atoms with Gasteiger partial charge in [0.15, 0.2) is 0 Å². The number of rotatable bonds is 12. The number of nitrogens with one attached hydrogen (secondary N) is 3. The number of nitrogens with two attached hydrogens (primary N) is 2. The highest BCUT2D eigenvalue weighted by Crippen LogP contribution is 2.07. The van der Waals surface area contributed by atoms with Gasteiger partial charge in [0.2, 0.25) is 23.6 Å². The minimum atomic E-state index is -1.51. The molecule has 0 radical (unpaired) electrons. The molecule has 0 rings (SSSR count). The number of aliphatic carboxylic acids is 1. The maximum atomic E-state index is 12.5. The summed E-state index contributed by atoms with van der Waals surface area (Å²) in [5.41, 5.74) is 10.5. The van der Waals surface area contributed by atoms with E-state index in [1.165, 1.54) is 6.92 Å². The third kappa shape index (κ3) is 9.55. The van der Waals surface area contributed by atoms with Crippen LogP contribution in [0.4, 0.5) is 0 Å². The van der Waals surface area contributed by atoms with Gasteiger partial charge in [0.05, 0.1) is 12.5 Å². The van der Waals surface area contributed by atoms with Crippen LogP contribution < -0.4 is 27.4 Å². The van der Waals surface area contributed by atoms with E-state index in [0.717, 1.165) is 0 Å². The lowest BCUT2D eigenvalue weighted by Crippen LogP contribution is -2.57. The van der Waals surface area contributed by atoms with E-state index in [4.69, 9.17) is 16.6 Å². The number of amides is 4. The number of hydrogen-bond acceptors (Lipinski definition) is 7. The normalized spacial score (nSPS) is 15.1. The molecule has 0 heterocycles. The summed E-state index contributed by atoms with van der Waals surface area (Å²) < 4.78 is 0. The molecule has 4 amide bonds. The first-order valence-electron chi connectivity index (χ1n) is 8.67. The van der Waals surface area contributed by atoms with E-state index in [2.05, 4.69) is 28.6 Å². The predicted molar refractivity (Wildman–Crippen MR) is 104 cm³/mol. The number of primary amides is 1. The minimum Gasteiger partial charge on any atom is -0.480 e. The zero-order chi connectivity index (χ0) is 22.0. The van der Waals surface area contributed by atoms with E-state index in [1.807, 2.05) is 0 Å². The first kappa shape index (κ1) is 25.7. The highest BCUT2D eigenvalue weighted by atomic mass is 32.1. The summed E-state index contributed by atoms with van der Waals surface area (Å²) in [6.45, 7) is 5.03. The summed E-state index contributed by atoms with van der Waals surface area (Å²) in [6.07, 6.45) is -0.380. The van der Waals surface area contributed by atoms with Crippen molar-refractivity contribution in [2.75, 3.05) is 5.75 Å². The van der Waals surface area contributed by atoms with Crippen LogP contribution in [0.2, 0.25) is 0 Å². The van der Waals surface area contributed by atoms with Crippen molar-refractivity contribution in [1.29, 1.82) is 0 Å². The Balaban J connectivity index is 5.12. The molecule has 4 atom stereocenters. The summed E-state index contributed by atoms with van der Waals surface area (Å²) in [4.78, 5) is 58.7. The van der Waals surface area contributed by atoms with Gasteiger partial charge in [-0.1, -0.05) is 13.8 Å². The molecule has 0 aliphatic heterocycles. The fraction of sp³-hybridized carbons (Fsp3) is 0.688. The number of carbonyl (C=O) groups is 5. The van der Waals surface area contributed by atoms with Gasteiger partial charge in [-0.05, 0) is 19.3 Å². The summed E-state index contributed by atoms with van der Waals surface area (Å²) in [7, 11) is 0. The Bertz CT molecular complexity index is 600. The van der Waals surface area contributed by atoms with Crippen molar-refractivity contribution in [2.24, 2.45) is 17.4 Å². The van der Waals surface area contributed by atoms with Gasteiger partial charge in [0.25, 0.3) is 0 Å². The second-order valence-electron chi connectivity index (χ2n) is 6.78. The highest BCUT2D eigenvalue weighted by Gasteiger charge is 2.29. The molecule has 0 saturated heterocycles. The quantitative estimate of drug-likeness (QED) is 0.173. The average Bonchev–Trinajstić information content (AvgIpc) is 2.58. The van der Waals surface area contributed by atoms with E-state index in [1.54, 1.807) is 13.8 Å². The Morgan fingerprint density at radius 2 is 1.46 bits per heavy atom. The number of thiol groups is 1. The van der Waals surface area contributed by atoms with Gasteiger partial charge in [0, 0.05) is 5.75 Å². The van der Waals surface area contributed by atoms with Gasteiger partial charge in [-0.2, -0.15) is 12.6 Å². The number of hydrogen-bond donors (Lipinski definition) is 7. The largest absolute Gasteiger partial charge is 0.480 e. The molecule has 8 N–H and O–H groups in total. The van der Waals surface area contributed by atoms with Crippen molar-refractivity contribution < 1.29 is 29.1 Å². The molecule has 0 aliphatic rings. The summed E-state index contributed by atoms with van der Waals surface area (Å²) >= 11 is 3.90. The average molecular weight is 420 g/mol. The van der Waals surface area contributed by atoms with Crippen LogP contribution >= 0.6 is 12.6 Å². The Morgan fingerprint density at radius 3 is 1.89 bits per heavy atom. The third-order valence-electron chi connectivity index (χ3n) is 3.65. The highest BCUT2D eigenvalue weighted by molar-refractivity contribution is 7.80. The lowest BCUT2D eigenvalue weighted by atomic mass is 10.0. The maximum Gasteiger partial charge on any atom is 0.326 e. The van der Waals surface area contributed by atoms with Crippen LogP contribution in [0.1, 0.15) is 33.6 Å².